The monoisotopic (exact) mass is 235 g/mol. The van der Waals surface area contributed by atoms with Gasteiger partial charge in [0.15, 0.2) is 0 Å². The summed E-state index contributed by atoms with van der Waals surface area (Å²) in [6, 6.07) is 2.66. The Morgan fingerprint density at radius 1 is 1.41 bits per heavy atom. The highest BCUT2D eigenvalue weighted by Gasteiger charge is 2.12. The molecule has 0 aliphatic carbocycles. The molecular formula is C13H21N3O. The van der Waals surface area contributed by atoms with Crippen LogP contribution in [0.15, 0.2) is 18.5 Å². The van der Waals surface area contributed by atoms with E-state index < -0.39 is 0 Å². The molecule has 0 bridgehead atoms. The maximum atomic E-state index is 5.22. The zero-order chi connectivity index (χ0) is 12.1. The average Bonchev–Trinajstić information content (AvgIpc) is 2.34. The standard InChI is InChI=1S/C13H21N3O/c1-11-4-7-16(6-3-5-15-11)12-8-13(17-2)10-14-9-12/h8-11,15H,3-7H2,1-2H3. The highest BCUT2D eigenvalue weighted by Crippen LogP contribution is 2.20. The van der Waals surface area contributed by atoms with Crippen molar-refractivity contribution in [2.75, 3.05) is 31.6 Å². The van der Waals surface area contributed by atoms with Crippen LogP contribution in [0, 0.1) is 0 Å². The molecule has 0 spiro atoms. The summed E-state index contributed by atoms with van der Waals surface area (Å²) < 4.78 is 5.22. The minimum absolute atomic E-state index is 0.594. The van der Waals surface area contributed by atoms with Gasteiger partial charge in [0, 0.05) is 25.2 Å². The largest absolute Gasteiger partial charge is 0.495 e. The first kappa shape index (κ1) is 12.2. The molecule has 1 aliphatic heterocycles. The summed E-state index contributed by atoms with van der Waals surface area (Å²) in [4.78, 5) is 6.62. The quantitative estimate of drug-likeness (QED) is 0.846. The topological polar surface area (TPSA) is 37.4 Å². The van der Waals surface area contributed by atoms with Gasteiger partial charge in [-0.1, -0.05) is 0 Å². The molecule has 2 heterocycles. The highest BCUT2D eigenvalue weighted by atomic mass is 16.5. The number of nitrogens with one attached hydrogen (secondary N) is 1. The van der Waals surface area contributed by atoms with Gasteiger partial charge in [-0.15, -0.1) is 0 Å². The molecule has 4 nitrogen and oxygen atoms in total. The summed E-state index contributed by atoms with van der Waals surface area (Å²) in [6.07, 6.45) is 6.00. The number of nitrogens with zero attached hydrogens (tertiary/aromatic N) is 2. The van der Waals surface area contributed by atoms with E-state index in [1.54, 1.807) is 13.3 Å². The Labute approximate surface area is 103 Å². The van der Waals surface area contributed by atoms with Crippen LogP contribution in [0.2, 0.25) is 0 Å². The van der Waals surface area contributed by atoms with E-state index in [2.05, 4.69) is 28.2 Å². The second-order valence-corrected chi connectivity index (χ2v) is 4.57. The third kappa shape index (κ3) is 3.33. The number of hydrogen-bond donors (Lipinski definition) is 1. The lowest BCUT2D eigenvalue weighted by molar-refractivity contribution is 0.412. The van der Waals surface area contributed by atoms with Gasteiger partial charge < -0.3 is 15.0 Å². The van der Waals surface area contributed by atoms with Crippen LogP contribution in [0.5, 0.6) is 5.75 Å². The summed E-state index contributed by atoms with van der Waals surface area (Å²) >= 11 is 0. The molecule has 2 rings (SSSR count). The molecule has 17 heavy (non-hydrogen) atoms. The fourth-order valence-corrected chi connectivity index (χ4v) is 2.13. The summed E-state index contributed by atoms with van der Waals surface area (Å²) in [5.41, 5.74) is 1.17. The minimum atomic E-state index is 0.594. The number of methoxy groups -OCH3 is 1. The molecule has 1 aliphatic rings. The van der Waals surface area contributed by atoms with Crippen molar-refractivity contribution in [1.29, 1.82) is 0 Å². The van der Waals surface area contributed by atoms with Gasteiger partial charge in [0.2, 0.25) is 0 Å². The number of anilines is 1. The first-order chi connectivity index (χ1) is 8.29. The number of rotatable bonds is 2. The highest BCUT2D eigenvalue weighted by molar-refractivity contribution is 5.48. The van der Waals surface area contributed by atoms with Gasteiger partial charge in [-0.25, -0.2) is 0 Å². The van der Waals surface area contributed by atoms with E-state index in [-0.39, 0.29) is 0 Å². The van der Waals surface area contributed by atoms with Crippen LogP contribution in [0.1, 0.15) is 19.8 Å². The van der Waals surface area contributed by atoms with Crippen molar-refractivity contribution in [3.63, 3.8) is 0 Å². The Kier molecular flexibility index (Phi) is 4.20. The van der Waals surface area contributed by atoms with Gasteiger partial charge in [-0.05, 0) is 26.3 Å². The first-order valence-corrected chi connectivity index (χ1v) is 6.27. The summed E-state index contributed by atoms with van der Waals surface area (Å²) in [6.45, 7) is 5.49. The summed E-state index contributed by atoms with van der Waals surface area (Å²) in [5, 5.41) is 3.51. The molecule has 0 saturated carbocycles. The maximum absolute atomic E-state index is 5.22. The van der Waals surface area contributed by atoms with E-state index in [0.717, 1.165) is 31.8 Å². The number of hydrogen-bond acceptors (Lipinski definition) is 4. The van der Waals surface area contributed by atoms with E-state index in [1.807, 2.05) is 6.20 Å². The third-order valence-corrected chi connectivity index (χ3v) is 3.23. The van der Waals surface area contributed by atoms with E-state index in [4.69, 9.17) is 4.74 Å². The molecule has 1 aromatic rings. The van der Waals surface area contributed by atoms with Crippen LogP contribution in [0.25, 0.3) is 0 Å². The van der Waals surface area contributed by atoms with Gasteiger partial charge in [-0.3, -0.25) is 4.98 Å². The molecule has 0 amide bonds. The summed E-state index contributed by atoms with van der Waals surface area (Å²) in [5.74, 6) is 0.829. The van der Waals surface area contributed by atoms with Crippen molar-refractivity contribution in [2.45, 2.75) is 25.8 Å². The lowest BCUT2D eigenvalue weighted by atomic mass is 10.1. The average molecular weight is 235 g/mol. The third-order valence-electron chi connectivity index (χ3n) is 3.23. The molecule has 0 aromatic carbocycles. The van der Waals surface area contributed by atoms with E-state index in [0.29, 0.717) is 6.04 Å². The van der Waals surface area contributed by atoms with Crippen LogP contribution in [0.3, 0.4) is 0 Å². The van der Waals surface area contributed by atoms with Crippen LogP contribution < -0.4 is 15.0 Å². The van der Waals surface area contributed by atoms with Gasteiger partial charge in [-0.2, -0.15) is 0 Å². The van der Waals surface area contributed by atoms with Gasteiger partial charge in [0.05, 0.1) is 25.2 Å². The Hall–Kier alpha value is -1.29. The van der Waals surface area contributed by atoms with Crippen molar-refractivity contribution in [2.24, 2.45) is 0 Å². The molecule has 94 valence electrons. The lowest BCUT2D eigenvalue weighted by Crippen LogP contribution is -2.38. The van der Waals surface area contributed by atoms with Crippen molar-refractivity contribution in [1.82, 2.24) is 10.3 Å². The SMILES string of the molecule is COc1cncc(N2CCCNC(C)CC2)c1. The van der Waals surface area contributed by atoms with Crippen LogP contribution >= 0.6 is 0 Å². The predicted octanol–water partition coefficient (Wildman–Crippen LogP) is 1.67. The fourth-order valence-electron chi connectivity index (χ4n) is 2.13. The van der Waals surface area contributed by atoms with Crippen molar-refractivity contribution in [3.05, 3.63) is 18.5 Å². The molecule has 1 fully saturated rings. The van der Waals surface area contributed by atoms with Gasteiger partial charge in [0.1, 0.15) is 5.75 Å². The van der Waals surface area contributed by atoms with Crippen molar-refractivity contribution < 1.29 is 4.74 Å². The smallest absolute Gasteiger partial charge is 0.139 e. The lowest BCUT2D eigenvalue weighted by Gasteiger charge is -2.29. The molecule has 0 radical (unpaired) electrons. The Bertz CT molecular complexity index is 356. The number of pyridine rings is 1. The second-order valence-electron chi connectivity index (χ2n) is 4.57. The minimum Gasteiger partial charge on any atom is -0.495 e. The second kappa shape index (κ2) is 5.87. The van der Waals surface area contributed by atoms with E-state index in [9.17, 15) is 0 Å². The molecular weight excluding hydrogens is 214 g/mol. The zero-order valence-electron chi connectivity index (χ0n) is 10.6. The maximum Gasteiger partial charge on any atom is 0.139 e. The Morgan fingerprint density at radius 2 is 2.29 bits per heavy atom. The molecule has 1 N–H and O–H groups in total. The molecule has 4 heteroatoms. The normalized spacial score (nSPS) is 21.8. The van der Waals surface area contributed by atoms with Crippen molar-refractivity contribution in [3.8, 4) is 5.75 Å². The Morgan fingerprint density at radius 3 is 3.12 bits per heavy atom. The van der Waals surface area contributed by atoms with Crippen LogP contribution in [-0.2, 0) is 0 Å². The molecule has 1 unspecified atom stereocenters. The van der Waals surface area contributed by atoms with Crippen LogP contribution in [-0.4, -0.2) is 37.8 Å². The Balaban J connectivity index is 2.07. The first-order valence-electron chi connectivity index (χ1n) is 6.27. The molecule has 1 aromatic heterocycles. The van der Waals surface area contributed by atoms with E-state index in [1.165, 1.54) is 12.1 Å². The van der Waals surface area contributed by atoms with Crippen molar-refractivity contribution >= 4 is 5.69 Å². The fraction of sp³-hybridized carbons (Fsp3) is 0.615. The zero-order valence-corrected chi connectivity index (χ0v) is 10.6. The van der Waals surface area contributed by atoms with Crippen LogP contribution in [0.4, 0.5) is 5.69 Å². The predicted molar refractivity (Wildman–Crippen MR) is 69.7 cm³/mol. The van der Waals surface area contributed by atoms with Gasteiger partial charge >= 0.3 is 0 Å². The number of aromatic nitrogens is 1. The van der Waals surface area contributed by atoms with E-state index >= 15 is 0 Å². The number of ether oxygens (including phenoxy) is 1. The summed E-state index contributed by atoms with van der Waals surface area (Å²) in [7, 11) is 1.68. The molecule has 1 saturated heterocycles. The molecule has 1 atom stereocenters. The van der Waals surface area contributed by atoms with Gasteiger partial charge in [0.25, 0.3) is 0 Å².